The fourth-order valence-electron chi connectivity index (χ4n) is 2.94. The Hall–Kier alpha value is -1.81. The molecule has 0 amide bonds. The number of benzene rings is 2. The highest BCUT2D eigenvalue weighted by atomic mass is 127. The van der Waals surface area contributed by atoms with Crippen molar-refractivity contribution < 1.29 is 13.2 Å². The van der Waals surface area contributed by atoms with Gasteiger partial charge in [0.2, 0.25) is 0 Å². The molecule has 2 aromatic rings. The Morgan fingerprint density at radius 2 is 1.73 bits per heavy atom. The second kappa shape index (κ2) is 12.8. The molecule has 1 N–H and O–H groups in total. The molecule has 0 aromatic heterocycles. The Morgan fingerprint density at radius 1 is 1.10 bits per heavy atom. The van der Waals surface area contributed by atoms with Gasteiger partial charge in [-0.1, -0.05) is 37.3 Å². The Bertz CT molecular complexity index is 888. The number of sulfone groups is 1. The number of rotatable bonds is 9. The van der Waals surface area contributed by atoms with E-state index in [0.29, 0.717) is 30.4 Å². The normalized spacial score (nSPS) is 12.6. The maximum Gasteiger partial charge on any atom is 0.194 e. The zero-order valence-corrected chi connectivity index (χ0v) is 21.2. The number of nitrogens with one attached hydrogen (secondary N) is 1. The number of halogens is 1. The minimum absolute atomic E-state index is 0. The average Bonchev–Trinajstić information content (AvgIpc) is 2.73. The van der Waals surface area contributed by atoms with Crippen LogP contribution in [0.25, 0.3) is 0 Å². The summed E-state index contributed by atoms with van der Waals surface area (Å²) in [6, 6.07) is 16.2. The van der Waals surface area contributed by atoms with Crippen LogP contribution in [0, 0.1) is 0 Å². The predicted molar refractivity (Wildman–Crippen MR) is 134 cm³/mol. The molecule has 2 rings (SSSR count). The molecule has 1 unspecified atom stereocenters. The Balaban J connectivity index is 0.00000450. The summed E-state index contributed by atoms with van der Waals surface area (Å²) in [5.74, 6) is 1.53. The van der Waals surface area contributed by atoms with Gasteiger partial charge in [0.15, 0.2) is 15.8 Å². The summed E-state index contributed by atoms with van der Waals surface area (Å²) in [5, 5.41) is 3.35. The van der Waals surface area contributed by atoms with Crippen molar-refractivity contribution in [1.82, 2.24) is 10.2 Å². The first-order valence-corrected chi connectivity index (χ1v) is 11.5. The van der Waals surface area contributed by atoms with Gasteiger partial charge in [0.05, 0.1) is 17.8 Å². The molecule has 0 aliphatic carbocycles. The van der Waals surface area contributed by atoms with E-state index in [1.54, 1.807) is 31.4 Å². The second-order valence-electron chi connectivity index (χ2n) is 6.85. The molecule has 0 aliphatic heterocycles. The second-order valence-corrected chi connectivity index (χ2v) is 8.88. The van der Waals surface area contributed by atoms with Crippen molar-refractivity contribution in [3.8, 4) is 5.75 Å². The van der Waals surface area contributed by atoms with Crippen LogP contribution in [-0.2, 0) is 16.4 Å². The van der Waals surface area contributed by atoms with Gasteiger partial charge in [-0.25, -0.2) is 8.42 Å². The van der Waals surface area contributed by atoms with Crippen LogP contribution in [0.5, 0.6) is 5.75 Å². The van der Waals surface area contributed by atoms with Gasteiger partial charge < -0.3 is 15.0 Å². The first-order chi connectivity index (χ1) is 13.9. The fraction of sp³-hybridized carbons (Fsp3) is 0.409. The van der Waals surface area contributed by atoms with Gasteiger partial charge >= 0.3 is 0 Å². The summed E-state index contributed by atoms with van der Waals surface area (Å²) in [6.07, 6.45) is 0.672. The van der Waals surface area contributed by atoms with Gasteiger partial charge in [-0.15, -0.1) is 24.0 Å². The molecule has 0 heterocycles. The van der Waals surface area contributed by atoms with Crippen molar-refractivity contribution in [1.29, 1.82) is 0 Å². The van der Waals surface area contributed by atoms with Crippen LogP contribution in [0.15, 0.2) is 64.5 Å². The predicted octanol–water partition coefficient (Wildman–Crippen LogP) is 3.96. The molecule has 2 aromatic carbocycles. The van der Waals surface area contributed by atoms with Gasteiger partial charge in [-0.05, 0) is 43.2 Å². The van der Waals surface area contributed by atoms with E-state index in [1.807, 2.05) is 56.1 Å². The maximum atomic E-state index is 12.8. The zero-order valence-electron chi connectivity index (χ0n) is 18.0. The number of hydrogen-bond donors (Lipinski definition) is 1. The SMILES string of the molecule is CCN=C(NC(CC)CS(=O)(=O)c1ccccc1)N(C)Cc1ccc(OC)cc1.I. The van der Waals surface area contributed by atoms with Crippen LogP contribution in [0.1, 0.15) is 25.8 Å². The first-order valence-electron chi connectivity index (χ1n) is 9.82. The van der Waals surface area contributed by atoms with Gasteiger partial charge in [0.1, 0.15) is 5.75 Å². The number of guanidine groups is 1. The largest absolute Gasteiger partial charge is 0.497 e. The lowest BCUT2D eigenvalue weighted by molar-refractivity contribution is 0.414. The van der Waals surface area contributed by atoms with Gasteiger partial charge in [0.25, 0.3) is 0 Å². The summed E-state index contributed by atoms with van der Waals surface area (Å²) in [6.45, 7) is 5.20. The standard InChI is InChI=1S/C22H31N3O3S.HI/c1-5-19(17-29(26,27)21-10-8-7-9-11-21)24-22(23-6-2)25(3)16-18-12-14-20(28-4)15-13-18;/h7-15,19H,5-6,16-17H2,1-4H3,(H,23,24);1H. The number of aliphatic imine (C=N–C) groups is 1. The van der Waals surface area contributed by atoms with Crippen LogP contribution in [0.4, 0.5) is 0 Å². The number of hydrogen-bond acceptors (Lipinski definition) is 4. The van der Waals surface area contributed by atoms with E-state index >= 15 is 0 Å². The van der Waals surface area contributed by atoms with Crippen LogP contribution in [0.3, 0.4) is 0 Å². The van der Waals surface area contributed by atoms with Crippen molar-refractivity contribution in [3.05, 3.63) is 60.2 Å². The Kier molecular flexibility index (Phi) is 11.2. The molecular formula is C22H32IN3O3S. The van der Waals surface area contributed by atoms with Crippen LogP contribution >= 0.6 is 24.0 Å². The van der Waals surface area contributed by atoms with Gasteiger partial charge in [-0.2, -0.15) is 0 Å². The summed E-state index contributed by atoms with van der Waals surface area (Å²) in [7, 11) is 0.218. The molecule has 0 bridgehead atoms. The first kappa shape index (κ1) is 26.2. The lowest BCUT2D eigenvalue weighted by Crippen LogP contribution is -2.46. The fourth-order valence-corrected chi connectivity index (χ4v) is 4.55. The van der Waals surface area contributed by atoms with Crippen LogP contribution in [-0.4, -0.2) is 51.8 Å². The smallest absolute Gasteiger partial charge is 0.194 e. The Morgan fingerprint density at radius 3 is 2.27 bits per heavy atom. The summed E-state index contributed by atoms with van der Waals surface area (Å²) in [5.41, 5.74) is 1.11. The number of methoxy groups -OCH3 is 1. The molecule has 0 saturated heterocycles. The molecule has 0 spiro atoms. The highest BCUT2D eigenvalue weighted by Crippen LogP contribution is 2.14. The average molecular weight is 545 g/mol. The minimum atomic E-state index is -3.37. The lowest BCUT2D eigenvalue weighted by Gasteiger charge is -2.27. The molecule has 0 saturated carbocycles. The molecule has 8 heteroatoms. The van der Waals surface area contributed by atoms with E-state index in [2.05, 4.69) is 10.3 Å². The highest BCUT2D eigenvalue weighted by Gasteiger charge is 2.22. The molecule has 0 aliphatic rings. The molecule has 0 radical (unpaired) electrons. The topological polar surface area (TPSA) is 71.0 Å². The number of ether oxygens (including phenoxy) is 1. The number of nitrogens with zero attached hydrogens (tertiary/aromatic N) is 2. The Labute approximate surface area is 197 Å². The monoisotopic (exact) mass is 545 g/mol. The van der Waals surface area contributed by atoms with E-state index in [4.69, 9.17) is 4.74 Å². The minimum Gasteiger partial charge on any atom is -0.497 e. The molecule has 6 nitrogen and oxygen atoms in total. The van der Waals surface area contributed by atoms with Gasteiger partial charge in [0, 0.05) is 26.2 Å². The molecular weight excluding hydrogens is 513 g/mol. The zero-order chi connectivity index (χ0) is 21.3. The van der Waals surface area contributed by atoms with Crippen LogP contribution in [0.2, 0.25) is 0 Å². The van der Waals surface area contributed by atoms with Crippen molar-refractivity contribution in [2.75, 3.05) is 26.5 Å². The molecule has 1 atom stereocenters. The van der Waals surface area contributed by atoms with E-state index in [-0.39, 0.29) is 35.8 Å². The molecule has 30 heavy (non-hydrogen) atoms. The lowest BCUT2D eigenvalue weighted by atomic mass is 10.2. The third kappa shape index (κ3) is 7.79. The van der Waals surface area contributed by atoms with Crippen LogP contribution < -0.4 is 10.1 Å². The molecule has 166 valence electrons. The van der Waals surface area contributed by atoms with E-state index in [9.17, 15) is 8.42 Å². The highest BCUT2D eigenvalue weighted by molar-refractivity contribution is 14.0. The summed E-state index contributed by atoms with van der Waals surface area (Å²) >= 11 is 0. The van der Waals surface area contributed by atoms with E-state index in [0.717, 1.165) is 11.3 Å². The summed E-state index contributed by atoms with van der Waals surface area (Å²) in [4.78, 5) is 6.91. The van der Waals surface area contributed by atoms with Gasteiger partial charge in [-0.3, -0.25) is 4.99 Å². The van der Waals surface area contributed by atoms with Crippen molar-refractivity contribution >= 4 is 39.8 Å². The van der Waals surface area contributed by atoms with Crippen molar-refractivity contribution in [2.24, 2.45) is 4.99 Å². The van der Waals surface area contributed by atoms with E-state index in [1.165, 1.54) is 0 Å². The maximum absolute atomic E-state index is 12.8. The summed E-state index contributed by atoms with van der Waals surface area (Å²) < 4.78 is 30.7. The quantitative estimate of drug-likeness (QED) is 0.294. The molecule has 0 fully saturated rings. The van der Waals surface area contributed by atoms with Crippen molar-refractivity contribution in [3.63, 3.8) is 0 Å². The third-order valence-corrected chi connectivity index (χ3v) is 6.43. The van der Waals surface area contributed by atoms with Crippen molar-refractivity contribution in [2.45, 2.75) is 37.8 Å². The third-order valence-electron chi connectivity index (χ3n) is 4.60. The van der Waals surface area contributed by atoms with E-state index < -0.39 is 9.84 Å².